The monoisotopic (exact) mass is 477 g/mol. The summed E-state index contributed by atoms with van der Waals surface area (Å²) in [6.07, 6.45) is 15.0. The van der Waals surface area contributed by atoms with Crippen LogP contribution in [0.3, 0.4) is 0 Å². The summed E-state index contributed by atoms with van der Waals surface area (Å²) in [4.78, 5) is 26.7. The maximum Gasteiger partial charge on any atom is 0.317 e. The van der Waals surface area contributed by atoms with Gasteiger partial charge in [-0.1, -0.05) is 93.4 Å². The minimum Gasteiger partial charge on any atom is -0.465 e. The van der Waals surface area contributed by atoms with E-state index in [4.69, 9.17) is 9.30 Å². The summed E-state index contributed by atoms with van der Waals surface area (Å²) in [7, 11) is 1.17. The number of rotatable bonds is 13. The van der Waals surface area contributed by atoms with E-state index >= 15 is 0 Å². The van der Waals surface area contributed by atoms with E-state index in [-0.39, 0.29) is 17.7 Å². The molecule has 2 unspecified atom stereocenters. The Kier molecular flexibility index (Phi) is 15.2. The standard InChI is InChI=1S/C28H44O3.H2OP/c1-5-6-7-8-9-10-11-15-18-31-28(30)26(24-16-13-12-14-17-24)27(29)25-22(3)19-21(2)20-23(25)4;1-2/h19-20,24,26H,5-18H2,1-4H3;2H2/q;+1. The van der Waals surface area contributed by atoms with Crippen LogP contribution < -0.4 is 0 Å². The third-order valence-electron chi connectivity index (χ3n) is 6.82. The Morgan fingerprint density at radius 1 is 0.879 bits per heavy atom. The van der Waals surface area contributed by atoms with E-state index in [2.05, 4.69) is 6.92 Å². The maximum atomic E-state index is 13.6. The van der Waals surface area contributed by atoms with Gasteiger partial charge in [0, 0.05) is 5.56 Å². The van der Waals surface area contributed by atoms with Crippen LogP contribution in [0.4, 0.5) is 0 Å². The zero-order valence-electron chi connectivity index (χ0n) is 21.4. The average Bonchev–Trinajstić information content (AvgIpc) is 2.79. The van der Waals surface area contributed by atoms with Crippen molar-refractivity contribution >= 4 is 20.9 Å². The smallest absolute Gasteiger partial charge is 0.317 e. The van der Waals surface area contributed by atoms with Gasteiger partial charge in [-0.2, -0.15) is 0 Å². The normalized spacial score (nSPS) is 14.8. The minimum atomic E-state index is -0.644. The summed E-state index contributed by atoms with van der Waals surface area (Å²) in [5.74, 6) is -0.844. The Morgan fingerprint density at radius 2 is 1.39 bits per heavy atom. The molecule has 0 saturated heterocycles. The topological polar surface area (TPSA) is 60.4 Å². The lowest BCUT2D eigenvalue weighted by molar-refractivity contribution is -0.149. The number of ether oxygens (including phenoxy) is 1. The third kappa shape index (κ3) is 10.1. The number of ketones is 1. The summed E-state index contributed by atoms with van der Waals surface area (Å²) >= 11 is 0. The summed E-state index contributed by atoms with van der Waals surface area (Å²) in [6.45, 7) is 8.69. The molecule has 1 fully saturated rings. The van der Waals surface area contributed by atoms with E-state index in [1.54, 1.807) is 0 Å². The van der Waals surface area contributed by atoms with Crippen molar-refractivity contribution in [2.75, 3.05) is 6.61 Å². The molecule has 33 heavy (non-hydrogen) atoms. The molecular formula is C28H46O4P+. The molecule has 1 saturated carbocycles. The molecule has 1 aromatic rings. The summed E-state index contributed by atoms with van der Waals surface area (Å²) in [6, 6.07) is 4.09. The molecule has 1 aliphatic rings. The summed E-state index contributed by atoms with van der Waals surface area (Å²) in [5.41, 5.74) is 3.82. The first-order valence-electron chi connectivity index (χ1n) is 13.0. The van der Waals surface area contributed by atoms with E-state index < -0.39 is 5.92 Å². The number of carbonyl (C=O) groups excluding carboxylic acids is 2. The van der Waals surface area contributed by atoms with Crippen LogP contribution in [0.25, 0.3) is 0 Å². The first kappa shape index (κ1) is 29.5. The van der Waals surface area contributed by atoms with Gasteiger partial charge in [0.15, 0.2) is 5.78 Å². The molecule has 1 aromatic carbocycles. The van der Waals surface area contributed by atoms with Gasteiger partial charge in [-0.05, 0) is 57.1 Å². The van der Waals surface area contributed by atoms with Gasteiger partial charge < -0.3 is 4.74 Å². The van der Waals surface area contributed by atoms with Crippen LogP contribution in [0.2, 0.25) is 0 Å². The van der Waals surface area contributed by atoms with Crippen LogP contribution in [0, 0.1) is 32.6 Å². The Labute approximate surface area is 203 Å². The van der Waals surface area contributed by atoms with Crippen molar-refractivity contribution in [2.45, 2.75) is 111 Å². The number of unbranched alkanes of at least 4 members (excludes halogenated alkanes) is 7. The van der Waals surface area contributed by atoms with Crippen LogP contribution >= 0.6 is 9.12 Å². The fraction of sp³-hybridized carbons (Fsp3) is 0.714. The summed E-state index contributed by atoms with van der Waals surface area (Å²) in [5, 5.41) is 0. The zero-order chi connectivity index (χ0) is 24.6. The van der Waals surface area contributed by atoms with Crippen LogP contribution in [0.1, 0.15) is 117 Å². The van der Waals surface area contributed by atoms with Crippen molar-refractivity contribution in [2.24, 2.45) is 11.8 Å². The van der Waals surface area contributed by atoms with E-state index in [0.29, 0.717) is 6.61 Å². The van der Waals surface area contributed by atoms with Crippen LogP contribution in [0.5, 0.6) is 0 Å². The number of esters is 1. The number of benzene rings is 1. The largest absolute Gasteiger partial charge is 0.465 e. The molecule has 0 amide bonds. The molecule has 0 radical (unpaired) electrons. The quantitative estimate of drug-likeness (QED) is 0.0953. The van der Waals surface area contributed by atoms with Crippen LogP contribution in [0.15, 0.2) is 12.1 Å². The molecule has 0 N–H and O–H groups in total. The molecule has 1 aliphatic carbocycles. The second-order valence-electron chi connectivity index (χ2n) is 9.66. The van der Waals surface area contributed by atoms with Gasteiger partial charge in [-0.3, -0.25) is 9.59 Å². The van der Waals surface area contributed by atoms with E-state index in [1.165, 1.54) is 54.1 Å². The van der Waals surface area contributed by atoms with Gasteiger partial charge in [-0.15, -0.1) is 0 Å². The fourth-order valence-electron chi connectivity index (χ4n) is 5.20. The van der Waals surface area contributed by atoms with Gasteiger partial charge >= 0.3 is 15.1 Å². The van der Waals surface area contributed by atoms with E-state index in [9.17, 15) is 9.59 Å². The zero-order valence-corrected chi connectivity index (χ0v) is 22.6. The molecule has 0 aromatic heterocycles. The van der Waals surface area contributed by atoms with E-state index in [0.717, 1.165) is 60.8 Å². The first-order chi connectivity index (χ1) is 16.0. The van der Waals surface area contributed by atoms with Crippen LogP contribution in [-0.2, 0) is 14.1 Å². The average molecular weight is 478 g/mol. The van der Waals surface area contributed by atoms with Crippen molar-refractivity contribution < 1.29 is 18.9 Å². The first-order valence-corrected chi connectivity index (χ1v) is 13.4. The maximum absolute atomic E-state index is 13.6. The molecule has 2 atom stereocenters. The molecule has 0 aliphatic heterocycles. The van der Waals surface area contributed by atoms with Gasteiger partial charge in [0.05, 0.1) is 6.61 Å². The molecule has 0 spiro atoms. The van der Waals surface area contributed by atoms with Crippen molar-refractivity contribution in [3.63, 3.8) is 0 Å². The van der Waals surface area contributed by atoms with Gasteiger partial charge in [0.25, 0.3) is 0 Å². The number of aryl methyl sites for hydroxylation is 3. The Balaban J connectivity index is 0.00000265. The second-order valence-corrected chi connectivity index (χ2v) is 9.66. The van der Waals surface area contributed by atoms with Crippen LogP contribution in [-0.4, -0.2) is 18.4 Å². The van der Waals surface area contributed by atoms with Gasteiger partial charge in [0.2, 0.25) is 0 Å². The molecular weight excluding hydrogens is 431 g/mol. The SMILES string of the molecule is CCCCCCCCCCOC(=O)C(C(=O)c1c(C)cc(C)cc1C)C1CCCCC1.O=[PH2+]. The lowest BCUT2D eigenvalue weighted by Crippen LogP contribution is -2.35. The molecule has 0 heterocycles. The number of hydrogen-bond donors (Lipinski definition) is 0. The van der Waals surface area contributed by atoms with Gasteiger partial charge in [-0.25, -0.2) is 0 Å². The Hall–Kier alpha value is -1.54. The predicted octanol–water partition coefficient (Wildman–Crippen LogP) is 7.88. The van der Waals surface area contributed by atoms with Crippen molar-refractivity contribution in [1.29, 1.82) is 0 Å². The molecule has 186 valence electrons. The number of hydrogen-bond acceptors (Lipinski definition) is 4. The summed E-state index contributed by atoms with van der Waals surface area (Å²) < 4.78 is 13.9. The van der Waals surface area contributed by atoms with Crippen molar-refractivity contribution in [3.05, 3.63) is 34.4 Å². The minimum absolute atomic E-state index is 0.0252. The van der Waals surface area contributed by atoms with Crippen molar-refractivity contribution in [1.82, 2.24) is 0 Å². The Morgan fingerprint density at radius 3 is 1.94 bits per heavy atom. The highest BCUT2D eigenvalue weighted by Crippen LogP contribution is 2.34. The second kappa shape index (κ2) is 17.0. The lowest BCUT2D eigenvalue weighted by Gasteiger charge is -2.28. The highest BCUT2D eigenvalue weighted by molar-refractivity contribution is 7.00. The number of Topliss-reactive ketones (excluding diaryl/α,β-unsaturated/α-hetero) is 1. The fourth-order valence-corrected chi connectivity index (χ4v) is 5.20. The highest BCUT2D eigenvalue weighted by Gasteiger charge is 2.38. The molecule has 5 heteroatoms. The molecule has 2 rings (SSSR count). The highest BCUT2D eigenvalue weighted by atomic mass is 31.0. The lowest BCUT2D eigenvalue weighted by atomic mass is 9.75. The predicted molar refractivity (Wildman–Crippen MR) is 139 cm³/mol. The molecule has 4 nitrogen and oxygen atoms in total. The number of carbonyl (C=O) groups is 2. The van der Waals surface area contributed by atoms with Gasteiger partial charge in [0.1, 0.15) is 5.92 Å². The molecule has 0 bridgehead atoms. The Bertz CT molecular complexity index is 702. The third-order valence-corrected chi connectivity index (χ3v) is 6.82. The van der Waals surface area contributed by atoms with Crippen molar-refractivity contribution in [3.8, 4) is 0 Å². The van der Waals surface area contributed by atoms with E-state index in [1.807, 2.05) is 32.9 Å².